The molecule has 3 rings (SSSR count). The van der Waals surface area contributed by atoms with E-state index in [0.29, 0.717) is 30.4 Å². The maximum atomic E-state index is 12.4. The van der Waals surface area contributed by atoms with E-state index in [-0.39, 0.29) is 11.8 Å². The number of amides is 2. The summed E-state index contributed by atoms with van der Waals surface area (Å²) >= 11 is 0. The molecule has 7 heteroatoms. The number of aryl methyl sites for hydroxylation is 1. The Balaban J connectivity index is 1.59. The molecule has 5 nitrogen and oxygen atoms in total. The van der Waals surface area contributed by atoms with E-state index < -0.39 is 6.61 Å². The van der Waals surface area contributed by atoms with Crippen LogP contribution < -0.4 is 10.1 Å². The normalized spacial score (nSPS) is 20.8. The van der Waals surface area contributed by atoms with Crippen molar-refractivity contribution in [2.45, 2.75) is 26.0 Å². The fourth-order valence-electron chi connectivity index (χ4n) is 3.12. The van der Waals surface area contributed by atoms with Crippen LogP contribution in [0.25, 0.3) is 0 Å². The molecule has 0 saturated carbocycles. The van der Waals surface area contributed by atoms with E-state index in [2.05, 4.69) is 27.1 Å². The number of anilines is 1. The topological polar surface area (TPSA) is 44.8 Å². The summed E-state index contributed by atoms with van der Waals surface area (Å²) in [4.78, 5) is 16.5. The first kappa shape index (κ1) is 16.7. The Bertz CT molecular complexity index is 628. The first-order chi connectivity index (χ1) is 11.5. The number of nitrogens with zero attached hydrogens (tertiary/aromatic N) is 2. The van der Waals surface area contributed by atoms with Crippen molar-refractivity contribution in [3.05, 3.63) is 35.9 Å². The van der Waals surface area contributed by atoms with E-state index in [1.165, 1.54) is 6.07 Å². The molecule has 1 aromatic rings. The number of carbonyl (C=O) groups excluding carboxylic acids is 1. The molecule has 130 valence electrons. The predicted octanol–water partition coefficient (Wildman–Crippen LogP) is 3.07. The molecule has 1 atom stereocenters. The third-order valence-electron chi connectivity index (χ3n) is 4.47. The van der Waals surface area contributed by atoms with Crippen molar-refractivity contribution >= 4 is 11.7 Å². The van der Waals surface area contributed by atoms with Crippen LogP contribution in [0.2, 0.25) is 0 Å². The van der Waals surface area contributed by atoms with E-state index in [1.54, 1.807) is 24.0 Å². The Morgan fingerprint density at radius 2 is 2.08 bits per heavy atom. The van der Waals surface area contributed by atoms with Crippen LogP contribution in [0.5, 0.6) is 5.75 Å². The highest BCUT2D eigenvalue weighted by Gasteiger charge is 2.30. The van der Waals surface area contributed by atoms with E-state index in [1.807, 2.05) is 0 Å². The number of alkyl halides is 2. The predicted molar refractivity (Wildman–Crippen MR) is 87.5 cm³/mol. The zero-order valence-corrected chi connectivity index (χ0v) is 13.5. The van der Waals surface area contributed by atoms with Gasteiger partial charge in [0.25, 0.3) is 0 Å². The summed E-state index contributed by atoms with van der Waals surface area (Å²) in [6.45, 7) is 2.04. The van der Waals surface area contributed by atoms with Crippen LogP contribution in [-0.2, 0) is 0 Å². The molecule has 0 aliphatic carbocycles. The SMILES string of the molecule is Cc1ccc(NC(=O)N2CC[C@@H](N3CC=CC3)C2)cc1OC(F)F. The number of rotatable bonds is 4. The number of hydrogen-bond acceptors (Lipinski definition) is 3. The second-order valence-corrected chi connectivity index (χ2v) is 6.10. The molecule has 0 spiro atoms. The average Bonchev–Trinajstić information content (AvgIpc) is 3.20. The number of ether oxygens (including phenoxy) is 1. The molecule has 0 bridgehead atoms. The Morgan fingerprint density at radius 1 is 1.33 bits per heavy atom. The zero-order chi connectivity index (χ0) is 17.1. The fraction of sp³-hybridized carbons (Fsp3) is 0.471. The monoisotopic (exact) mass is 337 g/mol. The molecule has 0 unspecified atom stereocenters. The van der Waals surface area contributed by atoms with Gasteiger partial charge in [-0.25, -0.2) is 4.79 Å². The first-order valence-electron chi connectivity index (χ1n) is 8.03. The molecule has 0 radical (unpaired) electrons. The van der Waals surface area contributed by atoms with Crippen molar-refractivity contribution in [2.75, 3.05) is 31.5 Å². The lowest BCUT2D eigenvalue weighted by atomic mass is 10.2. The Morgan fingerprint density at radius 3 is 2.79 bits per heavy atom. The summed E-state index contributed by atoms with van der Waals surface area (Å²) in [6, 6.07) is 4.93. The van der Waals surface area contributed by atoms with Gasteiger partial charge in [-0.05, 0) is 25.0 Å². The molecule has 2 amide bonds. The smallest absolute Gasteiger partial charge is 0.387 e. The van der Waals surface area contributed by atoms with E-state index >= 15 is 0 Å². The quantitative estimate of drug-likeness (QED) is 0.859. The minimum absolute atomic E-state index is 0.0743. The number of hydrogen-bond donors (Lipinski definition) is 1. The van der Waals surface area contributed by atoms with Gasteiger partial charge >= 0.3 is 12.6 Å². The average molecular weight is 337 g/mol. The summed E-state index contributed by atoms with van der Waals surface area (Å²) in [5, 5.41) is 2.76. The Hall–Kier alpha value is -2.15. The van der Waals surface area contributed by atoms with Gasteiger partial charge in [0.2, 0.25) is 0 Å². The molecular formula is C17H21F2N3O2. The fourth-order valence-corrected chi connectivity index (χ4v) is 3.12. The maximum absolute atomic E-state index is 12.4. The summed E-state index contributed by atoms with van der Waals surface area (Å²) in [5.74, 6) is 0.0743. The van der Waals surface area contributed by atoms with Crippen molar-refractivity contribution in [3.63, 3.8) is 0 Å². The van der Waals surface area contributed by atoms with Gasteiger partial charge in [0.15, 0.2) is 0 Å². The van der Waals surface area contributed by atoms with Gasteiger partial charge in [-0.1, -0.05) is 18.2 Å². The van der Waals surface area contributed by atoms with Gasteiger partial charge in [-0.3, -0.25) is 4.90 Å². The summed E-state index contributed by atoms with van der Waals surface area (Å²) in [7, 11) is 0. The largest absolute Gasteiger partial charge is 0.434 e. The summed E-state index contributed by atoms with van der Waals surface area (Å²) in [6.07, 6.45) is 5.22. The zero-order valence-electron chi connectivity index (χ0n) is 13.5. The van der Waals surface area contributed by atoms with Gasteiger partial charge in [0.1, 0.15) is 5.75 Å². The number of nitrogens with one attached hydrogen (secondary N) is 1. The highest BCUT2D eigenvalue weighted by Crippen LogP contribution is 2.25. The lowest BCUT2D eigenvalue weighted by Gasteiger charge is -2.23. The standard InChI is InChI=1S/C17H21F2N3O2/c1-12-4-5-13(10-15(12)24-16(18)19)20-17(23)22-9-6-14(11-22)21-7-2-3-8-21/h2-5,10,14,16H,6-9,11H2,1H3,(H,20,23)/t14-/m1/s1. The third-order valence-corrected chi connectivity index (χ3v) is 4.47. The maximum Gasteiger partial charge on any atom is 0.387 e. The highest BCUT2D eigenvalue weighted by molar-refractivity contribution is 5.89. The van der Waals surface area contributed by atoms with Crippen molar-refractivity contribution in [2.24, 2.45) is 0 Å². The first-order valence-corrected chi connectivity index (χ1v) is 8.03. The second kappa shape index (κ2) is 7.17. The number of halogens is 2. The van der Waals surface area contributed by atoms with Crippen LogP contribution in [0.15, 0.2) is 30.4 Å². The van der Waals surface area contributed by atoms with Crippen LogP contribution in [0.1, 0.15) is 12.0 Å². The number of likely N-dealkylation sites (tertiary alicyclic amines) is 1. The van der Waals surface area contributed by atoms with Gasteiger partial charge in [0, 0.05) is 44.0 Å². The molecule has 2 aliphatic rings. The van der Waals surface area contributed by atoms with E-state index in [9.17, 15) is 13.6 Å². The molecule has 1 N–H and O–H groups in total. The number of carbonyl (C=O) groups is 1. The Kier molecular flexibility index (Phi) is 4.99. The van der Waals surface area contributed by atoms with Crippen LogP contribution in [-0.4, -0.2) is 54.7 Å². The Labute approximate surface area is 139 Å². The van der Waals surface area contributed by atoms with Gasteiger partial charge < -0.3 is 15.0 Å². The number of benzene rings is 1. The van der Waals surface area contributed by atoms with Crippen molar-refractivity contribution in [1.29, 1.82) is 0 Å². The molecule has 1 aromatic carbocycles. The highest BCUT2D eigenvalue weighted by atomic mass is 19.3. The number of urea groups is 1. The van der Waals surface area contributed by atoms with Crippen LogP contribution in [0.3, 0.4) is 0 Å². The van der Waals surface area contributed by atoms with Gasteiger partial charge in [-0.15, -0.1) is 0 Å². The molecule has 2 heterocycles. The lowest BCUT2D eigenvalue weighted by molar-refractivity contribution is -0.0502. The second-order valence-electron chi connectivity index (χ2n) is 6.10. The van der Waals surface area contributed by atoms with Crippen LogP contribution in [0.4, 0.5) is 19.3 Å². The third kappa shape index (κ3) is 3.84. The molecule has 0 aromatic heterocycles. The summed E-state index contributed by atoms with van der Waals surface area (Å²) < 4.78 is 29.3. The minimum Gasteiger partial charge on any atom is -0.434 e. The summed E-state index contributed by atoms with van der Waals surface area (Å²) in [5.41, 5.74) is 1.05. The van der Waals surface area contributed by atoms with Crippen molar-refractivity contribution in [3.8, 4) is 5.75 Å². The van der Waals surface area contributed by atoms with Crippen LogP contribution >= 0.6 is 0 Å². The van der Waals surface area contributed by atoms with Crippen LogP contribution in [0, 0.1) is 6.92 Å². The molecular weight excluding hydrogens is 316 g/mol. The lowest BCUT2D eigenvalue weighted by Crippen LogP contribution is -2.38. The molecule has 1 saturated heterocycles. The van der Waals surface area contributed by atoms with E-state index in [4.69, 9.17) is 0 Å². The van der Waals surface area contributed by atoms with Crippen molar-refractivity contribution < 1.29 is 18.3 Å². The molecule has 2 aliphatic heterocycles. The molecule has 1 fully saturated rings. The molecule has 24 heavy (non-hydrogen) atoms. The minimum atomic E-state index is -2.89. The van der Waals surface area contributed by atoms with E-state index in [0.717, 1.165) is 19.5 Å². The van der Waals surface area contributed by atoms with Gasteiger partial charge in [0.05, 0.1) is 0 Å². The van der Waals surface area contributed by atoms with Crippen molar-refractivity contribution in [1.82, 2.24) is 9.80 Å². The van der Waals surface area contributed by atoms with Gasteiger partial charge in [-0.2, -0.15) is 8.78 Å².